The van der Waals surface area contributed by atoms with Crippen molar-refractivity contribution in [3.8, 4) is 11.5 Å². The zero-order valence-electron chi connectivity index (χ0n) is 16.4. The van der Waals surface area contributed by atoms with Crippen molar-refractivity contribution >= 4 is 40.3 Å². The topological polar surface area (TPSA) is 98.9 Å². The Morgan fingerprint density at radius 3 is 2.74 bits per heavy atom. The van der Waals surface area contributed by atoms with E-state index < -0.39 is 4.92 Å². The van der Waals surface area contributed by atoms with Crippen molar-refractivity contribution < 1.29 is 18.8 Å². The van der Waals surface area contributed by atoms with Crippen molar-refractivity contribution in [3.63, 3.8) is 0 Å². The molecule has 0 bridgehead atoms. The molecule has 3 aromatic rings. The minimum atomic E-state index is -0.533. The second-order valence-corrected chi connectivity index (χ2v) is 7.34. The molecule has 8 nitrogen and oxygen atoms in total. The highest BCUT2D eigenvalue weighted by atomic mass is 127. The summed E-state index contributed by atoms with van der Waals surface area (Å²) >= 11 is 2.13. The van der Waals surface area contributed by atoms with E-state index in [1.165, 1.54) is 36.7 Å². The third-order valence-corrected chi connectivity index (χ3v) is 4.80. The Hall–Kier alpha value is -3.28. The van der Waals surface area contributed by atoms with Gasteiger partial charge in [0.05, 0.1) is 21.3 Å². The van der Waals surface area contributed by atoms with Crippen molar-refractivity contribution in [2.45, 2.75) is 13.5 Å². The number of hydrazone groups is 1. The lowest BCUT2D eigenvalue weighted by Gasteiger charge is -2.14. The average Bonchev–Trinajstić information content (AvgIpc) is 2.75. The van der Waals surface area contributed by atoms with E-state index in [1.54, 1.807) is 18.2 Å². The molecule has 1 aromatic heterocycles. The molecule has 1 N–H and O–H groups in total. The van der Waals surface area contributed by atoms with E-state index in [-0.39, 0.29) is 23.9 Å². The number of anilines is 1. The smallest absolute Gasteiger partial charge is 0.313 e. The largest absolute Gasteiger partial charge is 0.490 e. The van der Waals surface area contributed by atoms with Gasteiger partial charge in [0.25, 0.3) is 0 Å². The lowest BCUT2D eigenvalue weighted by Crippen LogP contribution is -2.03. The fraction of sp³-hybridized carbons (Fsp3) is 0.143. The first-order valence-corrected chi connectivity index (χ1v) is 10.3. The lowest BCUT2D eigenvalue weighted by molar-refractivity contribution is -0.384. The molecule has 0 unspecified atom stereocenters. The predicted molar refractivity (Wildman–Crippen MR) is 123 cm³/mol. The standard InChI is InChI=1S/C21H18FIN4O4/c1-2-30-19-11-15(12-25-26-21-18(27(28)29)4-3-9-24-21)10-17(23)20(19)31-13-14-5-7-16(22)8-6-14/h3-12H,2,13H2,1H3,(H,24,26)/b25-12-. The third-order valence-electron chi connectivity index (χ3n) is 4.00. The number of pyridine rings is 1. The van der Waals surface area contributed by atoms with Gasteiger partial charge >= 0.3 is 5.69 Å². The number of rotatable bonds is 9. The minimum absolute atomic E-state index is 0.0442. The van der Waals surface area contributed by atoms with Crippen LogP contribution in [0, 0.1) is 19.5 Å². The van der Waals surface area contributed by atoms with Gasteiger partial charge < -0.3 is 9.47 Å². The lowest BCUT2D eigenvalue weighted by atomic mass is 10.2. The molecule has 3 rings (SSSR count). The van der Waals surface area contributed by atoms with Gasteiger partial charge in [-0.15, -0.1) is 0 Å². The summed E-state index contributed by atoms with van der Waals surface area (Å²) in [5, 5.41) is 15.1. The maximum atomic E-state index is 13.1. The van der Waals surface area contributed by atoms with Gasteiger partial charge in [-0.05, 0) is 71.0 Å². The van der Waals surface area contributed by atoms with Crippen LogP contribution in [0.25, 0.3) is 0 Å². The van der Waals surface area contributed by atoms with E-state index in [0.717, 1.165) is 9.13 Å². The minimum Gasteiger partial charge on any atom is -0.490 e. The number of hydrogen-bond acceptors (Lipinski definition) is 7. The number of ether oxygens (including phenoxy) is 2. The van der Waals surface area contributed by atoms with Gasteiger partial charge in [0, 0.05) is 12.3 Å². The summed E-state index contributed by atoms with van der Waals surface area (Å²) in [5.74, 6) is 0.836. The molecule has 0 spiro atoms. The fourth-order valence-corrected chi connectivity index (χ4v) is 3.38. The molecule has 0 aliphatic heterocycles. The SMILES string of the molecule is CCOc1cc(/C=N\Nc2ncccc2[N+](=O)[O-])cc(I)c1OCc1ccc(F)cc1. The number of nitrogens with one attached hydrogen (secondary N) is 1. The number of nitrogens with zero attached hydrogens (tertiary/aromatic N) is 3. The van der Waals surface area contributed by atoms with Gasteiger partial charge in [-0.2, -0.15) is 5.10 Å². The van der Waals surface area contributed by atoms with Crippen LogP contribution in [0.3, 0.4) is 0 Å². The quantitative estimate of drug-likeness (QED) is 0.176. The molecule has 1 heterocycles. The van der Waals surface area contributed by atoms with Crippen LogP contribution in [0.2, 0.25) is 0 Å². The Kier molecular flexibility index (Phi) is 7.70. The van der Waals surface area contributed by atoms with Gasteiger partial charge in [-0.25, -0.2) is 9.37 Å². The molecule has 0 atom stereocenters. The Labute approximate surface area is 191 Å². The summed E-state index contributed by atoms with van der Waals surface area (Å²) in [6, 6.07) is 12.5. The maximum Gasteiger partial charge on any atom is 0.313 e. The molecule has 160 valence electrons. The Bertz CT molecular complexity index is 1090. The summed E-state index contributed by atoms with van der Waals surface area (Å²) in [6.07, 6.45) is 2.95. The Morgan fingerprint density at radius 2 is 2.03 bits per heavy atom. The maximum absolute atomic E-state index is 13.1. The second kappa shape index (κ2) is 10.7. The molecule has 2 aromatic carbocycles. The zero-order chi connectivity index (χ0) is 22.2. The first-order chi connectivity index (χ1) is 15.0. The first-order valence-electron chi connectivity index (χ1n) is 9.20. The fourth-order valence-electron chi connectivity index (χ4n) is 2.60. The van der Waals surface area contributed by atoms with Crippen molar-refractivity contribution in [1.82, 2.24) is 4.98 Å². The van der Waals surface area contributed by atoms with Crippen molar-refractivity contribution in [1.29, 1.82) is 0 Å². The van der Waals surface area contributed by atoms with Crippen LogP contribution in [0.15, 0.2) is 59.8 Å². The van der Waals surface area contributed by atoms with Crippen molar-refractivity contribution in [3.05, 3.63) is 85.4 Å². The summed E-state index contributed by atoms with van der Waals surface area (Å²) in [7, 11) is 0. The first kappa shape index (κ1) is 22.4. The highest BCUT2D eigenvalue weighted by Gasteiger charge is 2.14. The third kappa shape index (κ3) is 6.10. The number of aromatic nitrogens is 1. The van der Waals surface area contributed by atoms with Gasteiger partial charge in [-0.1, -0.05) is 12.1 Å². The van der Waals surface area contributed by atoms with Crippen molar-refractivity contribution in [2.24, 2.45) is 5.10 Å². The van der Waals surface area contributed by atoms with Crippen LogP contribution in [0.5, 0.6) is 11.5 Å². The predicted octanol–water partition coefficient (Wildman–Crippen LogP) is 5.16. The van der Waals surface area contributed by atoms with E-state index in [4.69, 9.17) is 9.47 Å². The molecular formula is C21H18FIN4O4. The van der Waals surface area contributed by atoms with E-state index in [2.05, 4.69) is 38.1 Å². The molecule has 0 aliphatic rings. The highest BCUT2D eigenvalue weighted by molar-refractivity contribution is 14.1. The molecule has 10 heteroatoms. The molecule has 0 aliphatic carbocycles. The summed E-state index contributed by atoms with van der Waals surface area (Å²) in [6.45, 7) is 2.55. The molecule has 0 fully saturated rings. The number of benzene rings is 2. The molecular weight excluding hydrogens is 518 g/mol. The zero-order valence-corrected chi connectivity index (χ0v) is 18.6. The summed E-state index contributed by atoms with van der Waals surface area (Å²) in [4.78, 5) is 14.5. The van der Waals surface area contributed by atoms with Crippen LogP contribution in [0.4, 0.5) is 15.9 Å². The molecule has 0 saturated heterocycles. The summed E-state index contributed by atoms with van der Waals surface area (Å²) in [5.41, 5.74) is 3.95. The van der Waals surface area contributed by atoms with E-state index in [9.17, 15) is 14.5 Å². The van der Waals surface area contributed by atoms with Crippen molar-refractivity contribution in [2.75, 3.05) is 12.0 Å². The molecule has 31 heavy (non-hydrogen) atoms. The van der Waals surface area contributed by atoms with E-state index >= 15 is 0 Å². The highest BCUT2D eigenvalue weighted by Crippen LogP contribution is 2.34. The average molecular weight is 536 g/mol. The Morgan fingerprint density at radius 1 is 1.26 bits per heavy atom. The van der Waals surface area contributed by atoms with Crippen LogP contribution >= 0.6 is 22.6 Å². The van der Waals surface area contributed by atoms with Crippen LogP contribution in [-0.2, 0) is 6.61 Å². The molecule has 0 saturated carbocycles. The number of hydrogen-bond donors (Lipinski definition) is 1. The normalized spacial score (nSPS) is 10.8. The van der Waals surface area contributed by atoms with Crippen LogP contribution in [0.1, 0.15) is 18.1 Å². The van der Waals surface area contributed by atoms with Gasteiger partial charge in [0.1, 0.15) is 12.4 Å². The van der Waals surface area contributed by atoms with E-state index in [1.807, 2.05) is 13.0 Å². The summed E-state index contributed by atoms with van der Waals surface area (Å²) < 4.78 is 25.5. The molecule has 0 radical (unpaired) electrons. The number of halogens is 2. The van der Waals surface area contributed by atoms with Crippen LogP contribution < -0.4 is 14.9 Å². The second-order valence-electron chi connectivity index (χ2n) is 6.18. The van der Waals surface area contributed by atoms with Gasteiger partial charge in [0.2, 0.25) is 5.82 Å². The van der Waals surface area contributed by atoms with Gasteiger partial charge in [0.15, 0.2) is 11.5 Å². The molecule has 0 amide bonds. The number of nitro groups is 1. The monoisotopic (exact) mass is 536 g/mol. The Balaban J connectivity index is 1.77. The van der Waals surface area contributed by atoms with Crippen LogP contribution in [-0.4, -0.2) is 22.7 Å². The van der Waals surface area contributed by atoms with Gasteiger partial charge in [-0.3, -0.25) is 15.5 Å². The van der Waals surface area contributed by atoms with E-state index in [0.29, 0.717) is 23.7 Å².